The SMILES string of the molecule is CC(C)C(NC(=O)[C@@H]1C[C@H]1C(=O)O)c1nc(-c2ccncc2)no1. The second-order valence-electron chi connectivity index (χ2n) is 6.21. The lowest BCUT2D eigenvalue weighted by molar-refractivity contribution is -0.140. The van der Waals surface area contributed by atoms with E-state index in [-0.39, 0.29) is 11.8 Å². The maximum Gasteiger partial charge on any atom is 0.307 e. The number of nitrogens with zero attached hydrogens (tertiary/aromatic N) is 3. The Morgan fingerprint density at radius 2 is 2.00 bits per heavy atom. The zero-order valence-corrected chi connectivity index (χ0v) is 13.3. The zero-order chi connectivity index (χ0) is 17.3. The summed E-state index contributed by atoms with van der Waals surface area (Å²) in [5.41, 5.74) is 0.766. The van der Waals surface area contributed by atoms with Crippen molar-refractivity contribution in [3.63, 3.8) is 0 Å². The fourth-order valence-electron chi connectivity index (χ4n) is 2.51. The Bertz CT molecular complexity index is 744. The normalized spacial score (nSPS) is 20.6. The predicted molar refractivity (Wildman–Crippen MR) is 82.5 cm³/mol. The van der Waals surface area contributed by atoms with E-state index in [9.17, 15) is 9.59 Å². The van der Waals surface area contributed by atoms with Crippen LogP contribution in [0.25, 0.3) is 11.4 Å². The molecular weight excluding hydrogens is 312 g/mol. The third-order valence-corrected chi connectivity index (χ3v) is 4.06. The van der Waals surface area contributed by atoms with E-state index < -0.39 is 23.8 Å². The van der Waals surface area contributed by atoms with Crippen LogP contribution in [0.4, 0.5) is 0 Å². The van der Waals surface area contributed by atoms with Crippen LogP contribution in [-0.4, -0.2) is 32.1 Å². The lowest BCUT2D eigenvalue weighted by atomic mass is 10.0. The Morgan fingerprint density at radius 1 is 1.29 bits per heavy atom. The monoisotopic (exact) mass is 330 g/mol. The van der Waals surface area contributed by atoms with E-state index in [1.54, 1.807) is 24.5 Å². The standard InChI is InChI=1S/C16H18N4O4/c1-8(2)12(18-14(21)10-7-11(10)16(22)23)15-19-13(20-24-15)9-3-5-17-6-4-9/h3-6,8,10-12H,7H2,1-2H3,(H,18,21)(H,22,23)/t10-,11-,12?/m1/s1. The molecule has 0 saturated heterocycles. The van der Waals surface area contributed by atoms with Crippen LogP contribution in [0.1, 0.15) is 32.2 Å². The highest BCUT2D eigenvalue weighted by atomic mass is 16.5. The van der Waals surface area contributed by atoms with Gasteiger partial charge in [-0.25, -0.2) is 0 Å². The number of hydrogen-bond donors (Lipinski definition) is 2. The molecule has 0 radical (unpaired) electrons. The predicted octanol–water partition coefficient (Wildman–Crippen LogP) is 1.67. The first-order valence-electron chi connectivity index (χ1n) is 7.74. The first-order chi connectivity index (χ1) is 11.5. The van der Waals surface area contributed by atoms with Gasteiger partial charge in [-0.05, 0) is 24.5 Å². The molecule has 3 rings (SSSR count). The highest BCUT2D eigenvalue weighted by molar-refractivity contribution is 5.89. The topological polar surface area (TPSA) is 118 Å². The molecule has 8 heteroatoms. The van der Waals surface area contributed by atoms with Gasteiger partial charge in [-0.3, -0.25) is 14.6 Å². The minimum absolute atomic E-state index is 0.0155. The van der Waals surface area contributed by atoms with E-state index in [4.69, 9.17) is 9.63 Å². The lowest BCUT2D eigenvalue weighted by Crippen LogP contribution is -2.33. The van der Waals surface area contributed by atoms with Crippen LogP contribution in [-0.2, 0) is 9.59 Å². The van der Waals surface area contributed by atoms with Crippen LogP contribution in [0.5, 0.6) is 0 Å². The van der Waals surface area contributed by atoms with Gasteiger partial charge < -0.3 is 14.9 Å². The molecule has 0 spiro atoms. The lowest BCUT2D eigenvalue weighted by Gasteiger charge is -2.18. The molecule has 2 aromatic heterocycles. The third kappa shape index (κ3) is 3.27. The number of hydrogen-bond acceptors (Lipinski definition) is 6. The molecule has 1 fully saturated rings. The van der Waals surface area contributed by atoms with Crippen LogP contribution >= 0.6 is 0 Å². The third-order valence-electron chi connectivity index (χ3n) is 4.06. The van der Waals surface area contributed by atoms with E-state index in [1.165, 1.54) is 0 Å². The summed E-state index contributed by atoms with van der Waals surface area (Å²) in [7, 11) is 0. The largest absolute Gasteiger partial charge is 0.481 e. The average molecular weight is 330 g/mol. The Morgan fingerprint density at radius 3 is 2.58 bits per heavy atom. The number of carboxylic acids is 1. The highest BCUT2D eigenvalue weighted by Crippen LogP contribution is 2.39. The molecule has 1 unspecified atom stereocenters. The molecule has 1 amide bonds. The number of carbonyl (C=O) groups excluding carboxylic acids is 1. The number of aliphatic carboxylic acids is 1. The number of carbonyl (C=O) groups is 2. The summed E-state index contributed by atoms with van der Waals surface area (Å²) in [5.74, 6) is -1.56. The molecule has 1 aliphatic carbocycles. The van der Waals surface area contributed by atoms with Gasteiger partial charge in [0.2, 0.25) is 17.6 Å². The molecule has 1 aliphatic rings. The quantitative estimate of drug-likeness (QED) is 0.827. The molecule has 2 aromatic rings. The van der Waals surface area contributed by atoms with Crippen LogP contribution < -0.4 is 5.32 Å². The average Bonchev–Trinajstić information content (AvgIpc) is 3.23. The molecule has 2 heterocycles. The fraction of sp³-hybridized carbons (Fsp3) is 0.438. The van der Waals surface area contributed by atoms with Crippen molar-refractivity contribution < 1.29 is 19.2 Å². The van der Waals surface area contributed by atoms with E-state index in [1.807, 2.05) is 13.8 Å². The van der Waals surface area contributed by atoms with Crippen LogP contribution in [0.15, 0.2) is 29.0 Å². The number of pyridine rings is 1. The highest BCUT2D eigenvalue weighted by Gasteiger charge is 2.49. The van der Waals surface area contributed by atoms with E-state index >= 15 is 0 Å². The first-order valence-corrected chi connectivity index (χ1v) is 7.74. The molecular formula is C16H18N4O4. The van der Waals surface area contributed by atoms with Crippen LogP contribution in [0, 0.1) is 17.8 Å². The fourth-order valence-corrected chi connectivity index (χ4v) is 2.51. The van der Waals surface area contributed by atoms with Crippen molar-refractivity contribution in [3.8, 4) is 11.4 Å². The van der Waals surface area contributed by atoms with Crippen molar-refractivity contribution in [2.24, 2.45) is 17.8 Å². The van der Waals surface area contributed by atoms with E-state index in [0.29, 0.717) is 18.1 Å². The Balaban J connectivity index is 1.74. The molecule has 0 bridgehead atoms. The summed E-state index contributed by atoms with van der Waals surface area (Å²) in [5, 5.41) is 15.7. The van der Waals surface area contributed by atoms with Crippen molar-refractivity contribution in [2.45, 2.75) is 26.3 Å². The van der Waals surface area contributed by atoms with E-state index in [2.05, 4.69) is 20.4 Å². The minimum Gasteiger partial charge on any atom is -0.481 e. The maximum atomic E-state index is 12.2. The summed E-state index contributed by atoms with van der Waals surface area (Å²) in [6.07, 6.45) is 3.64. The van der Waals surface area contributed by atoms with E-state index in [0.717, 1.165) is 5.56 Å². The second-order valence-corrected chi connectivity index (χ2v) is 6.21. The minimum atomic E-state index is -0.936. The van der Waals surface area contributed by atoms with Gasteiger partial charge in [0.05, 0.1) is 11.8 Å². The molecule has 126 valence electrons. The molecule has 0 aromatic carbocycles. The van der Waals surface area contributed by atoms with Gasteiger partial charge in [-0.15, -0.1) is 0 Å². The summed E-state index contributed by atoms with van der Waals surface area (Å²) >= 11 is 0. The van der Waals surface area contributed by atoms with Crippen LogP contribution in [0.3, 0.4) is 0 Å². The summed E-state index contributed by atoms with van der Waals surface area (Å²) < 4.78 is 5.31. The Hall–Kier alpha value is -2.77. The number of rotatable bonds is 6. The molecule has 1 saturated carbocycles. The van der Waals surface area contributed by atoms with Gasteiger partial charge in [0.25, 0.3) is 0 Å². The van der Waals surface area contributed by atoms with Crippen molar-refractivity contribution in [2.75, 3.05) is 0 Å². The number of nitrogens with one attached hydrogen (secondary N) is 1. The molecule has 3 atom stereocenters. The van der Waals surface area contributed by atoms with Gasteiger partial charge in [0, 0.05) is 18.0 Å². The summed E-state index contributed by atoms with van der Waals surface area (Å²) in [4.78, 5) is 31.4. The van der Waals surface area contributed by atoms with Crippen molar-refractivity contribution in [1.29, 1.82) is 0 Å². The van der Waals surface area contributed by atoms with Crippen molar-refractivity contribution in [1.82, 2.24) is 20.4 Å². The Kier molecular flexibility index (Phi) is 4.28. The zero-order valence-electron chi connectivity index (χ0n) is 13.3. The van der Waals surface area contributed by atoms with Crippen molar-refractivity contribution >= 4 is 11.9 Å². The maximum absolute atomic E-state index is 12.2. The van der Waals surface area contributed by atoms with Gasteiger partial charge in [-0.1, -0.05) is 19.0 Å². The van der Waals surface area contributed by atoms with Gasteiger partial charge >= 0.3 is 5.97 Å². The second kappa shape index (κ2) is 6.38. The molecule has 0 aliphatic heterocycles. The summed E-state index contributed by atoms with van der Waals surface area (Å²) in [6, 6.07) is 3.06. The molecule has 8 nitrogen and oxygen atoms in total. The number of aromatic nitrogens is 3. The van der Waals surface area contributed by atoms with Gasteiger partial charge in [0.1, 0.15) is 6.04 Å². The van der Waals surface area contributed by atoms with Gasteiger partial charge in [-0.2, -0.15) is 4.98 Å². The van der Waals surface area contributed by atoms with Crippen molar-refractivity contribution in [3.05, 3.63) is 30.4 Å². The van der Waals surface area contributed by atoms with Gasteiger partial charge in [0.15, 0.2) is 0 Å². The van der Waals surface area contributed by atoms with Crippen LogP contribution in [0.2, 0.25) is 0 Å². The summed E-state index contributed by atoms with van der Waals surface area (Å²) in [6.45, 7) is 3.84. The first kappa shape index (κ1) is 16.1. The molecule has 24 heavy (non-hydrogen) atoms. The number of carboxylic acid groups (broad SMARTS) is 1. The smallest absolute Gasteiger partial charge is 0.307 e. The number of amides is 1. The Labute approximate surface area is 138 Å². The molecule has 2 N–H and O–H groups in total.